The number of thioether (sulfide) groups is 1. The number of nitrogens with one attached hydrogen (secondary N) is 1. The fourth-order valence-corrected chi connectivity index (χ4v) is 2.59. The molecule has 0 saturated carbocycles. The molecule has 0 aliphatic rings. The van der Waals surface area contributed by atoms with Crippen LogP contribution >= 0.6 is 11.8 Å². The molecule has 1 amide bonds. The van der Waals surface area contributed by atoms with Crippen molar-refractivity contribution in [1.82, 2.24) is 14.9 Å². The summed E-state index contributed by atoms with van der Waals surface area (Å²) < 4.78 is 1.43. The lowest BCUT2D eigenvalue weighted by Crippen LogP contribution is -2.17. The van der Waals surface area contributed by atoms with Crippen molar-refractivity contribution < 1.29 is 4.79 Å². The molecule has 0 fully saturated rings. The average Bonchev–Trinajstić information content (AvgIpc) is 2.86. The zero-order valence-corrected chi connectivity index (χ0v) is 13.0. The topological polar surface area (TPSA) is 85.8 Å². The van der Waals surface area contributed by atoms with Crippen LogP contribution in [0, 0.1) is 0 Å². The minimum absolute atomic E-state index is 0.0815. The van der Waals surface area contributed by atoms with Gasteiger partial charge in [-0.05, 0) is 18.1 Å². The molecule has 0 spiro atoms. The smallest absolute Gasteiger partial charge is 0.234 e. The third-order valence-corrected chi connectivity index (χ3v) is 4.00. The number of carbonyl (C=O) groups is 1. The van der Waals surface area contributed by atoms with Gasteiger partial charge in [-0.1, -0.05) is 43.8 Å². The lowest BCUT2D eigenvalue weighted by molar-refractivity contribution is -0.113. The van der Waals surface area contributed by atoms with Crippen molar-refractivity contribution in [2.75, 3.05) is 16.9 Å². The van der Waals surface area contributed by atoms with Gasteiger partial charge in [-0.15, -0.1) is 10.2 Å². The molecule has 1 aromatic carbocycles. The van der Waals surface area contributed by atoms with Crippen molar-refractivity contribution >= 4 is 23.4 Å². The highest BCUT2D eigenvalue weighted by atomic mass is 32.2. The minimum atomic E-state index is -0.0815. The summed E-state index contributed by atoms with van der Waals surface area (Å²) >= 11 is 1.28. The number of carbonyl (C=O) groups excluding carboxylic acids is 1. The number of amides is 1. The second-order valence-corrected chi connectivity index (χ2v) is 5.41. The molecule has 2 rings (SSSR count). The van der Waals surface area contributed by atoms with E-state index in [2.05, 4.69) is 22.4 Å². The van der Waals surface area contributed by atoms with Gasteiger partial charge in [0.15, 0.2) is 5.82 Å². The first kappa shape index (κ1) is 15.4. The Hall–Kier alpha value is -2.02. The monoisotopic (exact) mass is 305 g/mol. The van der Waals surface area contributed by atoms with E-state index in [9.17, 15) is 4.79 Å². The molecule has 112 valence electrons. The van der Waals surface area contributed by atoms with Gasteiger partial charge in [0.05, 0.1) is 5.75 Å². The maximum absolute atomic E-state index is 12.0. The summed E-state index contributed by atoms with van der Waals surface area (Å²) in [7, 11) is 0. The second-order valence-electron chi connectivity index (χ2n) is 4.47. The minimum Gasteiger partial charge on any atom is -0.336 e. The summed E-state index contributed by atoms with van der Waals surface area (Å²) in [5.41, 5.74) is 1.97. The molecule has 1 heterocycles. The van der Waals surface area contributed by atoms with Gasteiger partial charge in [-0.2, -0.15) is 0 Å². The van der Waals surface area contributed by atoms with E-state index in [0.29, 0.717) is 17.4 Å². The number of hydrogen-bond acceptors (Lipinski definition) is 5. The summed E-state index contributed by atoms with van der Waals surface area (Å²) in [6.45, 7) is 4.01. The number of para-hydroxylation sites is 1. The first-order valence-corrected chi connectivity index (χ1v) is 7.84. The number of nitrogen functional groups attached to an aromatic ring is 1. The van der Waals surface area contributed by atoms with Crippen LogP contribution in [0.1, 0.15) is 25.2 Å². The highest BCUT2D eigenvalue weighted by Crippen LogP contribution is 2.18. The highest BCUT2D eigenvalue weighted by molar-refractivity contribution is 7.99. The van der Waals surface area contributed by atoms with Gasteiger partial charge < -0.3 is 11.2 Å². The van der Waals surface area contributed by atoms with Crippen molar-refractivity contribution in [2.24, 2.45) is 0 Å². The molecular formula is C14H19N5OS. The summed E-state index contributed by atoms with van der Waals surface area (Å²) in [6.07, 6.45) is 1.58. The largest absolute Gasteiger partial charge is 0.336 e. The fraction of sp³-hybridized carbons (Fsp3) is 0.357. The Labute approximate surface area is 128 Å². The quantitative estimate of drug-likeness (QED) is 0.628. The number of aromatic nitrogens is 3. The van der Waals surface area contributed by atoms with Crippen molar-refractivity contribution in [3.05, 3.63) is 35.7 Å². The Morgan fingerprint density at radius 2 is 2.05 bits per heavy atom. The summed E-state index contributed by atoms with van der Waals surface area (Å²) in [4.78, 5) is 12.0. The van der Waals surface area contributed by atoms with Gasteiger partial charge >= 0.3 is 0 Å². The molecule has 0 atom stereocenters. The van der Waals surface area contributed by atoms with Crippen molar-refractivity contribution in [3.63, 3.8) is 0 Å². The number of rotatable bonds is 6. The SMILES string of the molecule is CCc1ccccc1NC(=O)CSc1nnc(CC)n1N. The molecule has 3 N–H and O–H groups in total. The molecule has 0 bridgehead atoms. The number of aryl methyl sites for hydroxylation is 2. The number of nitrogens with zero attached hydrogens (tertiary/aromatic N) is 3. The van der Waals surface area contributed by atoms with Crippen molar-refractivity contribution in [1.29, 1.82) is 0 Å². The van der Waals surface area contributed by atoms with Crippen LogP contribution in [0.15, 0.2) is 29.4 Å². The van der Waals surface area contributed by atoms with Crippen LogP contribution in [-0.4, -0.2) is 26.5 Å². The summed E-state index contributed by atoms with van der Waals surface area (Å²) in [5.74, 6) is 6.71. The third kappa shape index (κ3) is 3.75. The molecule has 0 radical (unpaired) electrons. The maximum Gasteiger partial charge on any atom is 0.234 e. The normalized spacial score (nSPS) is 10.6. The standard InChI is InChI=1S/C14H19N5OS/c1-3-10-7-5-6-8-11(10)16-13(20)9-21-14-18-17-12(4-2)19(14)15/h5-8H,3-4,9,15H2,1-2H3,(H,16,20). The van der Waals surface area contributed by atoms with Crippen LogP contribution in [0.4, 0.5) is 5.69 Å². The van der Waals surface area contributed by atoms with Crippen LogP contribution in [0.3, 0.4) is 0 Å². The molecule has 0 unspecified atom stereocenters. The number of hydrogen-bond donors (Lipinski definition) is 2. The molecule has 0 aliphatic carbocycles. The Bertz CT molecular complexity index is 626. The average molecular weight is 305 g/mol. The van der Waals surface area contributed by atoms with Crippen LogP contribution in [-0.2, 0) is 17.6 Å². The molecule has 0 saturated heterocycles. The predicted octanol–water partition coefficient (Wildman–Crippen LogP) is 1.85. The maximum atomic E-state index is 12.0. The molecule has 0 aliphatic heterocycles. The molecule has 1 aromatic heterocycles. The van der Waals surface area contributed by atoms with Crippen molar-refractivity contribution in [3.8, 4) is 0 Å². The summed E-state index contributed by atoms with van der Waals surface area (Å²) in [6, 6.07) is 7.78. The molecular weight excluding hydrogens is 286 g/mol. The Morgan fingerprint density at radius 1 is 1.29 bits per heavy atom. The molecule has 6 nitrogen and oxygen atoms in total. The number of nitrogens with two attached hydrogens (primary N) is 1. The molecule has 7 heteroatoms. The lowest BCUT2D eigenvalue weighted by atomic mass is 10.1. The van der Waals surface area contributed by atoms with E-state index >= 15 is 0 Å². The van der Waals surface area contributed by atoms with Gasteiger partial charge in [0, 0.05) is 12.1 Å². The van der Waals surface area contributed by atoms with Crippen LogP contribution in [0.5, 0.6) is 0 Å². The van der Waals surface area contributed by atoms with E-state index in [-0.39, 0.29) is 11.7 Å². The van der Waals surface area contributed by atoms with Crippen molar-refractivity contribution in [2.45, 2.75) is 31.8 Å². The van der Waals surface area contributed by atoms with E-state index in [4.69, 9.17) is 5.84 Å². The zero-order chi connectivity index (χ0) is 15.2. The Morgan fingerprint density at radius 3 is 2.71 bits per heavy atom. The lowest BCUT2D eigenvalue weighted by Gasteiger charge is -2.09. The van der Waals surface area contributed by atoms with Gasteiger partial charge in [0.1, 0.15) is 0 Å². The summed E-state index contributed by atoms with van der Waals surface area (Å²) in [5, 5.41) is 11.4. The highest BCUT2D eigenvalue weighted by Gasteiger charge is 2.11. The van der Waals surface area contributed by atoms with E-state index in [1.165, 1.54) is 16.4 Å². The van der Waals surface area contributed by atoms with Gasteiger partial charge in [0.25, 0.3) is 0 Å². The number of anilines is 1. The van der Waals surface area contributed by atoms with E-state index in [1.807, 2.05) is 31.2 Å². The van der Waals surface area contributed by atoms with Crippen LogP contribution < -0.4 is 11.2 Å². The molecule has 21 heavy (non-hydrogen) atoms. The van der Waals surface area contributed by atoms with E-state index in [0.717, 1.165) is 17.7 Å². The first-order valence-electron chi connectivity index (χ1n) is 6.85. The Kier molecular flexibility index (Phi) is 5.21. The van der Waals surface area contributed by atoms with E-state index < -0.39 is 0 Å². The molecule has 2 aromatic rings. The first-order chi connectivity index (χ1) is 10.2. The number of benzene rings is 1. The predicted molar refractivity (Wildman–Crippen MR) is 84.7 cm³/mol. The van der Waals surface area contributed by atoms with Gasteiger partial charge in [-0.25, -0.2) is 4.68 Å². The van der Waals surface area contributed by atoms with Crippen LogP contribution in [0.25, 0.3) is 0 Å². The van der Waals surface area contributed by atoms with Gasteiger partial charge in [0.2, 0.25) is 11.1 Å². The zero-order valence-electron chi connectivity index (χ0n) is 12.2. The Balaban J connectivity index is 1.94. The second kappa shape index (κ2) is 7.12. The van der Waals surface area contributed by atoms with Gasteiger partial charge in [-0.3, -0.25) is 4.79 Å². The third-order valence-electron chi connectivity index (χ3n) is 3.06. The van der Waals surface area contributed by atoms with Crippen LogP contribution in [0.2, 0.25) is 0 Å². The fourth-order valence-electron chi connectivity index (χ4n) is 1.91. The van der Waals surface area contributed by atoms with E-state index in [1.54, 1.807) is 0 Å².